The molecule has 3 heterocycles. The van der Waals surface area contributed by atoms with Crippen LogP contribution in [-0.4, -0.2) is 66.7 Å². The first-order chi connectivity index (χ1) is 16.4. The lowest BCUT2D eigenvalue weighted by molar-refractivity contribution is -0.172. The zero-order valence-electron chi connectivity index (χ0n) is 20.8. The summed E-state index contributed by atoms with van der Waals surface area (Å²) < 4.78 is 11.5. The van der Waals surface area contributed by atoms with E-state index in [1.807, 2.05) is 6.20 Å². The summed E-state index contributed by atoms with van der Waals surface area (Å²) in [4.78, 5) is 33.9. The maximum absolute atomic E-state index is 12.3. The first-order valence-corrected chi connectivity index (χ1v) is 13.0. The highest BCUT2D eigenvalue weighted by atomic mass is 16.6. The number of hydrogen-bond donors (Lipinski definition) is 1. The van der Waals surface area contributed by atoms with Gasteiger partial charge in [0, 0.05) is 50.8 Å². The first-order valence-electron chi connectivity index (χ1n) is 13.0. The van der Waals surface area contributed by atoms with Crippen LogP contribution in [-0.2, 0) is 20.7 Å². The third-order valence-electron chi connectivity index (χ3n) is 7.71. The van der Waals surface area contributed by atoms with E-state index in [1.54, 1.807) is 0 Å². The van der Waals surface area contributed by atoms with Crippen molar-refractivity contribution < 1.29 is 19.1 Å². The number of rotatable bonds is 9. The van der Waals surface area contributed by atoms with Gasteiger partial charge in [-0.05, 0) is 63.0 Å². The smallest absolute Gasteiger partial charge is 0.306 e. The van der Waals surface area contributed by atoms with Crippen LogP contribution in [0, 0.1) is 11.8 Å². The highest BCUT2D eigenvalue weighted by Crippen LogP contribution is 2.37. The van der Waals surface area contributed by atoms with Crippen molar-refractivity contribution in [2.45, 2.75) is 70.8 Å². The van der Waals surface area contributed by atoms with Crippen molar-refractivity contribution in [2.24, 2.45) is 17.6 Å². The van der Waals surface area contributed by atoms with Gasteiger partial charge in [-0.2, -0.15) is 0 Å². The third kappa shape index (κ3) is 5.82. The number of carbonyl (C=O) groups excluding carboxylic acids is 2. The molecule has 188 valence electrons. The lowest BCUT2D eigenvalue weighted by Gasteiger charge is -2.39. The van der Waals surface area contributed by atoms with E-state index in [0.717, 1.165) is 83.0 Å². The Hall–Kier alpha value is -2.35. The number of nitrogens with zero attached hydrogens (tertiary/aromatic N) is 3. The Bertz CT molecular complexity index is 858. The van der Waals surface area contributed by atoms with Gasteiger partial charge >= 0.3 is 5.97 Å². The maximum atomic E-state index is 12.3. The predicted molar refractivity (Wildman–Crippen MR) is 131 cm³/mol. The number of esters is 1. The van der Waals surface area contributed by atoms with Crippen molar-refractivity contribution in [3.8, 4) is 5.75 Å². The second kappa shape index (κ2) is 10.9. The molecule has 0 aromatic carbocycles. The summed E-state index contributed by atoms with van der Waals surface area (Å²) in [6.07, 6.45) is 7.90. The molecule has 8 heteroatoms. The largest absolute Gasteiger partial charge is 0.489 e. The molecule has 1 amide bonds. The molecule has 8 nitrogen and oxygen atoms in total. The number of hydrogen-bond acceptors (Lipinski definition) is 7. The van der Waals surface area contributed by atoms with E-state index in [4.69, 9.17) is 15.2 Å². The van der Waals surface area contributed by atoms with Crippen LogP contribution in [0.15, 0.2) is 12.3 Å². The van der Waals surface area contributed by atoms with Crippen molar-refractivity contribution >= 4 is 17.7 Å². The van der Waals surface area contributed by atoms with E-state index < -0.39 is 11.5 Å². The van der Waals surface area contributed by atoms with Gasteiger partial charge in [0.2, 0.25) is 0 Å². The number of aromatic nitrogens is 1. The quantitative estimate of drug-likeness (QED) is 0.552. The predicted octanol–water partition coefficient (Wildman–Crippen LogP) is 2.92. The van der Waals surface area contributed by atoms with Gasteiger partial charge in [-0.3, -0.25) is 14.5 Å². The maximum Gasteiger partial charge on any atom is 0.306 e. The standard InChI is InChI=1S/C26H40N4O4/c1-19(2)3-4-22(31)34-26(25(27)32)10-5-20(6-11-26)8-13-29-14-16-30(17-15-29)24-23-21(7-12-28-24)9-18-33-23/h7,12,19-20H,3-6,8-11,13-18H2,1-2H3,(H2,27,32). The van der Waals surface area contributed by atoms with Gasteiger partial charge in [0.15, 0.2) is 17.2 Å². The molecule has 0 radical (unpaired) electrons. The SMILES string of the molecule is CC(C)CCC(=O)OC1(C(N)=O)CCC(CCN2CCN(c3nccc4c3OCC4)CC2)CC1. The highest BCUT2D eigenvalue weighted by Gasteiger charge is 2.44. The monoisotopic (exact) mass is 472 g/mol. The number of piperazine rings is 1. The number of fused-ring (bicyclic) bond motifs is 1. The van der Waals surface area contributed by atoms with Crippen LogP contribution in [0.3, 0.4) is 0 Å². The van der Waals surface area contributed by atoms with Crippen molar-refractivity contribution in [3.05, 3.63) is 17.8 Å². The molecule has 0 bridgehead atoms. The van der Waals surface area contributed by atoms with Gasteiger partial charge in [0.05, 0.1) is 6.61 Å². The molecule has 1 aromatic heterocycles. The minimum Gasteiger partial charge on any atom is -0.489 e. The van der Waals surface area contributed by atoms with E-state index in [0.29, 0.717) is 31.1 Å². The molecule has 1 saturated carbocycles. The average Bonchev–Trinajstić information content (AvgIpc) is 3.32. The fourth-order valence-corrected chi connectivity index (χ4v) is 5.37. The highest BCUT2D eigenvalue weighted by molar-refractivity contribution is 5.86. The Kier molecular flexibility index (Phi) is 7.96. The number of amides is 1. The van der Waals surface area contributed by atoms with Crippen molar-refractivity contribution in [2.75, 3.05) is 44.2 Å². The van der Waals surface area contributed by atoms with E-state index in [2.05, 4.69) is 34.7 Å². The molecule has 1 saturated heterocycles. The minimum atomic E-state index is -1.11. The Morgan fingerprint density at radius 2 is 1.97 bits per heavy atom. The Morgan fingerprint density at radius 3 is 2.65 bits per heavy atom. The second-order valence-electron chi connectivity index (χ2n) is 10.5. The van der Waals surface area contributed by atoms with E-state index in [9.17, 15) is 9.59 Å². The van der Waals surface area contributed by atoms with Crippen molar-refractivity contribution in [3.63, 3.8) is 0 Å². The first kappa shape index (κ1) is 24.8. The number of pyridine rings is 1. The Morgan fingerprint density at radius 1 is 1.24 bits per heavy atom. The lowest BCUT2D eigenvalue weighted by Crippen LogP contribution is -2.50. The molecule has 4 rings (SSSR count). The van der Waals surface area contributed by atoms with Crippen LogP contribution in [0.5, 0.6) is 5.75 Å². The zero-order chi connectivity index (χ0) is 24.1. The number of ether oxygens (including phenoxy) is 2. The summed E-state index contributed by atoms with van der Waals surface area (Å²) in [5, 5.41) is 0. The topological polar surface area (TPSA) is 98.0 Å². The number of carbonyl (C=O) groups is 2. The molecule has 2 fully saturated rings. The van der Waals surface area contributed by atoms with E-state index in [1.165, 1.54) is 5.56 Å². The molecule has 0 spiro atoms. The molecule has 0 unspecified atom stereocenters. The fraction of sp³-hybridized carbons (Fsp3) is 0.731. The molecule has 1 aliphatic carbocycles. The van der Waals surface area contributed by atoms with Crippen molar-refractivity contribution in [1.29, 1.82) is 0 Å². The fourth-order valence-electron chi connectivity index (χ4n) is 5.37. The summed E-state index contributed by atoms with van der Waals surface area (Å²) in [5.41, 5.74) is 5.85. The third-order valence-corrected chi connectivity index (χ3v) is 7.71. The molecular weight excluding hydrogens is 432 g/mol. The summed E-state index contributed by atoms with van der Waals surface area (Å²) in [6.45, 7) is 9.87. The molecule has 3 aliphatic rings. The van der Waals surface area contributed by atoms with Crippen LogP contribution in [0.25, 0.3) is 0 Å². The average molecular weight is 473 g/mol. The summed E-state index contributed by atoms with van der Waals surface area (Å²) in [5.74, 6) is 2.13. The van der Waals surface area contributed by atoms with E-state index in [-0.39, 0.29) is 5.97 Å². The van der Waals surface area contributed by atoms with Crippen LogP contribution >= 0.6 is 0 Å². The van der Waals surface area contributed by atoms with Gasteiger partial charge < -0.3 is 20.1 Å². The number of primary amides is 1. The van der Waals surface area contributed by atoms with Crippen LogP contribution in [0.4, 0.5) is 5.82 Å². The van der Waals surface area contributed by atoms with Gasteiger partial charge in [0.25, 0.3) is 5.91 Å². The molecule has 34 heavy (non-hydrogen) atoms. The molecule has 2 aliphatic heterocycles. The lowest BCUT2D eigenvalue weighted by atomic mass is 9.77. The van der Waals surface area contributed by atoms with E-state index >= 15 is 0 Å². The minimum absolute atomic E-state index is 0.298. The van der Waals surface area contributed by atoms with Gasteiger partial charge in [-0.1, -0.05) is 13.8 Å². The van der Waals surface area contributed by atoms with Crippen molar-refractivity contribution in [1.82, 2.24) is 9.88 Å². The summed E-state index contributed by atoms with van der Waals surface area (Å²) in [6, 6.07) is 2.06. The number of nitrogens with two attached hydrogens (primary N) is 1. The molecule has 2 N–H and O–H groups in total. The number of anilines is 1. The van der Waals surface area contributed by atoms with Crippen LogP contribution in [0.2, 0.25) is 0 Å². The normalized spacial score (nSPS) is 25.1. The Balaban J connectivity index is 1.20. The summed E-state index contributed by atoms with van der Waals surface area (Å²) in [7, 11) is 0. The molecule has 0 atom stereocenters. The van der Waals surface area contributed by atoms with Gasteiger partial charge in [0.1, 0.15) is 0 Å². The molecule has 1 aromatic rings. The summed E-state index contributed by atoms with van der Waals surface area (Å²) >= 11 is 0. The van der Waals surface area contributed by atoms with Crippen LogP contribution < -0.4 is 15.4 Å². The second-order valence-corrected chi connectivity index (χ2v) is 10.5. The molecular formula is C26H40N4O4. The zero-order valence-corrected chi connectivity index (χ0v) is 20.8. The van der Waals surface area contributed by atoms with Gasteiger partial charge in [-0.15, -0.1) is 0 Å². The Labute approximate surface area is 203 Å². The van der Waals surface area contributed by atoms with Crippen LogP contribution in [0.1, 0.15) is 64.4 Å². The van der Waals surface area contributed by atoms with Gasteiger partial charge in [-0.25, -0.2) is 4.98 Å².